The van der Waals surface area contributed by atoms with Crippen molar-refractivity contribution < 1.29 is 13.9 Å². The molecule has 0 fully saturated rings. The largest absolute Gasteiger partial charge is 0.483 e. The second-order valence-corrected chi connectivity index (χ2v) is 7.34. The van der Waals surface area contributed by atoms with Gasteiger partial charge in [0.25, 0.3) is 0 Å². The summed E-state index contributed by atoms with van der Waals surface area (Å²) in [6.45, 7) is 3.92. The summed E-state index contributed by atoms with van der Waals surface area (Å²) in [7, 11) is 0. The predicted molar refractivity (Wildman–Crippen MR) is 97.9 cm³/mol. The molecule has 0 spiro atoms. The van der Waals surface area contributed by atoms with Crippen LogP contribution in [0, 0.1) is 6.92 Å². The Labute approximate surface area is 149 Å². The topological polar surface area (TPSA) is 56.5 Å². The Hall–Kier alpha value is -2.40. The summed E-state index contributed by atoms with van der Waals surface area (Å²) in [6, 6.07) is 7.24. The maximum Gasteiger partial charge on any atom is 0.336 e. The molecular formula is C20H18O4S. The van der Waals surface area contributed by atoms with E-state index in [0.29, 0.717) is 23.3 Å². The Morgan fingerprint density at radius 1 is 1.28 bits per heavy atom. The molecule has 0 N–H and O–H groups in total. The molecule has 0 bridgehead atoms. The van der Waals surface area contributed by atoms with Gasteiger partial charge < -0.3 is 9.15 Å². The Kier molecular flexibility index (Phi) is 3.96. The van der Waals surface area contributed by atoms with E-state index in [1.54, 1.807) is 17.4 Å². The van der Waals surface area contributed by atoms with Crippen LogP contribution in [-0.4, -0.2) is 5.78 Å². The molecule has 128 valence electrons. The molecule has 3 heterocycles. The number of aryl methyl sites for hydroxylation is 2. The van der Waals surface area contributed by atoms with Crippen LogP contribution in [-0.2, 0) is 6.42 Å². The van der Waals surface area contributed by atoms with Crippen LogP contribution in [0.2, 0.25) is 0 Å². The first kappa shape index (κ1) is 16.1. The minimum Gasteiger partial charge on any atom is -0.483 e. The molecule has 2 aromatic heterocycles. The zero-order valence-electron chi connectivity index (χ0n) is 14.1. The van der Waals surface area contributed by atoms with Crippen molar-refractivity contribution in [3.63, 3.8) is 0 Å². The molecule has 0 aliphatic carbocycles. The number of hydrogen-bond donors (Lipinski definition) is 0. The van der Waals surface area contributed by atoms with Crippen molar-refractivity contribution in [2.45, 2.75) is 39.2 Å². The van der Waals surface area contributed by atoms with E-state index >= 15 is 0 Å². The van der Waals surface area contributed by atoms with E-state index in [-0.39, 0.29) is 17.5 Å². The summed E-state index contributed by atoms with van der Waals surface area (Å²) in [5.41, 5.74) is 2.41. The number of hydrogen-bond acceptors (Lipinski definition) is 5. The smallest absolute Gasteiger partial charge is 0.336 e. The standard InChI is InChI=1S/C20H18O4S/c1-3-5-12-9-17(22)23-15-8-11(2)18-13(21)10-14(16-6-4-7-25-16)24-20(18)19(12)15/h4,6-9,14H,3,5,10H2,1-2H3/t14-/m1/s1. The molecule has 0 radical (unpaired) electrons. The highest BCUT2D eigenvalue weighted by Gasteiger charge is 2.32. The number of carbonyl (C=O) groups excluding carboxylic acids is 1. The lowest BCUT2D eigenvalue weighted by molar-refractivity contribution is 0.0856. The highest BCUT2D eigenvalue weighted by molar-refractivity contribution is 7.10. The Bertz CT molecular complexity index is 1010. The lowest BCUT2D eigenvalue weighted by atomic mass is 9.92. The number of thiophene rings is 1. The first-order valence-corrected chi connectivity index (χ1v) is 9.30. The predicted octanol–water partition coefficient (Wildman–Crippen LogP) is 4.82. The number of fused-ring (bicyclic) bond motifs is 3. The summed E-state index contributed by atoms with van der Waals surface area (Å²) >= 11 is 1.58. The third kappa shape index (κ3) is 2.68. The quantitative estimate of drug-likeness (QED) is 0.633. The van der Waals surface area contributed by atoms with Crippen molar-refractivity contribution in [1.29, 1.82) is 0 Å². The van der Waals surface area contributed by atoms with Crippen molar-refractivity contribution in [3.05, 3.63) is 61.6 Å². The van der Waals surface area contributed by atoms with Crippen LogP contribution in [0.1, 0.15) is 52.2 Å². The average molecular weight is 354 g/mol. The fourth-order valence-electron chi connectivity index (χ4n) is 3.51. The Morgan fingerprint density at radius 2 is 2.12 bits per heavy atom. The number of carbonyl (C=O) groups is 1. The zero-order valence-corrected chi connectivity index (χ0v) is 14.9. The van der Waals surface area contributed by atoms with Crippen molar-refractivity contribution in [2.24, 2.45) is 0 Å². The van der Waals surface area contributed by atoms with E-state index in [9.17, 15) is 9.59 Å². The third-order valence-corrected chi connectivity index (χ3v) is 5.52. The van der Waals surface area contributed by atoms with Crippen LogP contribution in [0.15, 0.2) is 38.9 Å². The number of Topliss-reactive ketones (excluding diaryl/α,β-unsaturated/α-hetero) is 1. The van der Waals surface area contributed by atoms with Gasteiger partial charge in [-0.2, -0.15) is 0 Å². The number of benzene rings is 1. The van der Waals surface area contributed by atoms with Crippen LogP contribution >= 0.6 is 11.3 Å². The molecule has 1 aliphatic heterocycles. The molecular weight excluding hydrogens is 336 g/mol. The summed E-state index contributed by atoms with van der Waals surface area (Å²) in [5, 5.41) is 2.74. The first-order chi connectivity index (χ1) is 12.1. The van der Waals surface area contributed by atoms with Crippen LogP contribution < -0.4 is 10.4 Å². The molecule has 4 rings (SSSR count). The maximum absolute atomic E-state index is 12.8. The van der Waals surface area contributed by atoms with Crippen molar-refractivity contribution in [3.8, 4) is 5.75 Å². The molecule has 3 aromatic rings. The van der Waals surface area contributed by atoms with Gasteiger partial charge in [0.05, 0.1) is 17.4 Å². The van der Waals surface area contributed by atoms with Gasteiger partial charge in [-0.3, -0.25) is 4.79 Å². The van der Waals surface area contributed by atoms with Gasteiger partial charge in [0.15, 0.2) is 5.78 Å². The Morgan fingerprint density at radius 3 is 2.84 bits per heavy atom. The lowest BCUT2D eigenvalue weighted by Gasteiger charge is -2.27. The lowest BCUT2D eigenvalue weighted by Crippen LogP contribution is -2.21. The molecule has 0 saturated heterocycles. The molecule has 0 saturated carbocycles. The zero-order chi connectivity index (χ0) is 17.6. The van der Waals surface area contributed by atoms with Gasteiger partial charge in [0, 0.05) is 10.9 Å². The van der Waals surface area contributed by atoms with E-state index in [1.165, 1.54) is 6.07 Å². The van der Waals surface area contributed by atoms with Crippen LogP contribution in [0.4, 0.5) is 0 Å². The van der Waals surface area contributed by atoms with Gasteiger partial charge in [-0.1, -0.05) is 19.4 Å². The highest BCUT2D eigenvalue weighted by Crippen LogP contribution is 2.43. The summed E-state index contributed by atoms with van der Waals surface area (Å²) in [4.78, 5) is 25.8. The molecule has 0 unspecified atom stereocenters. The molecule has 1 atom stereocenters. The van der Waals surface area contributed by atoms with E-state index in [1.807, 2.05) is 24.4 Å². The van der Waals surface area contributed by atoms with E-state index in [0.717, 1.165) is 34.2 Å². The van der Waals surface area contributed by atoms with Gasteiger partial charge in [-0.15, -0.1) is 11.3 Å². The second kappa shape index (κ2) is 6.15. The average Bonchev–Trinajstić information content (AvgIpc) is 3.08. The number of ketones is 1. The molecule has 1 aromatic carbocycles. The van der Waals surface area contributed by atoms with Crippen LogP contribution in [0.3, 0.4) is 0 Å². The minimum absolute atomic E-state index is 0.0766. The molecule has 1 aliphatic rings. The SMILES string of the molecule is CCCc1cc(=O)oc2cc(C)c3c(c12)O[C@@H](c1cccs1)CC3=O. The summed E-state index contributed by atoms with van der Waals surface area (Å²) in [5.74, 6) is 0.643. The molecule has 5 heteroatoms. The van der Waals surface area contributed by atoms with Crippen molar-refractivity contribution in [1.82, 2.24) is 0 Å². The van der Waals surface area contributed by atoms with Crippen LogP contribution in [0.5, 0.6) is 5.75 Å². The van der Waals surface area contributed by atoms with Crippen LogP contribution in [0.25, 0.3) is 11.0 Å². The Balaban J connectivity index is 1.99. The third-order valence-electron chi connectivity index (χ3n) is 4.56. The van der Waals surface area contributed by atoms with Crippen molar-refractivity contribution >= 4 is 28.1 Å². The van der Waals surface area contributed by atoms with E-state index < -0.39 is 0 Å². The highest BCUT2D eigenvalue weighted by atomic mass is 32.1. The molecule has 25 heavy (non-hydrogen) atoms. The summed E-state index contributed by atoms with van der Waals surface area (Å²) < 4.78 is 11.7. The summed E-state index contributed by atoms with van der Waals surface area (Å²) in [6.07, 6.45) is 1.67. The number of rotatable bonds is 3. The fraction of sp³-hybridized carbons (Fsp3) is 0.300. The monoisotopic (exact) mass is 354 g/mol. The van der Waals surface area contributed by atoms with Crippen molar-refractivity contribution in [2.75, 3.05) is 0 Å². The fourth-order valence-corrected chi connectivity index (χ4v) is 4.27. The maximum atomic E-state index is 12.8. The van der Waals surface area contributed by atoms with Gasteiger partial charge in [0.1, 0.15) is 17.4 Å². The van der Waals surface area contributed by atoms with E-state index in [4.69, 9.17) is 9.15 Å². The van der Waals surface area contributed by atoms with Gasteiger partial charge in [-0.25, -0.2) is 4.79 Å². The second-order valence-electron chi connectivity index (χ2n) is 6.36. The molecule has 0 amide bonds. The normalized spacial score (nSPS) is 16.7. The van der Waals surface area contributed by atoms with E-state index in [2.05, 4.69) is 6.92 Å². The number of ether oxygens (including phenoxy) is 1. The van der Waals surface area contributed by atoms with Gasteiger partial charge in [0.2, 0.25) is 0 Å². The van der Waals surface area contributed by atoms with Gasteiger partial charge >= 0.3 is 5.63 Å². The first-order valence-electron chi connectivity index (χ1n) is 8.42. The molecule has 4 nitrogen and oxygen atoms in total. The minimum atomic E-state index is -0.368. The van der Waals surface area contributed by atoms with Gasteiger partial charge in [-0.05, 0) is 42.0 Å².